The number of rotatable bonds is 14. The van der Waals surface area contributed by atoms with Gasteiger partial charge in [0.1, 0.15) is 30.2 Å². The van der Waals surface area contributed by atoms with Crippen LogP contribution in [0.4, 0.5) is 5.69 Å². The number of anilines is 1. The smallest absolute Gasteiger partial charge is 0.229 e. The Labute approximate surface area is 203 Å². The van der Waals surface area contributed by atoms with E-state index in [4.69, 9.17) is 9.47 Å². The summed E-state index contributed by atoms with van der Waals surface area (Å²) in [5.74, 6) is 0.395. The van der Waals surface area contributed by atoms with Gasteiger partial charge in [-0.25, -0.2) is 0 Å². The van der Waals surface area contributed by atoms with E-state index in [1.807, 2.05) is 13.8 Å². The second-order valence-electron chi connectivity index (χ2n) is 9.30. The Morgan fingerprint density at radius 3 is 2.15 bits per heavy atom. The number of aliphatic hydroxyl groups is 4. The fourth-order valence-electron chi connectivity index (χ4n) is 4.16. The third kappa shape index (κ3) is 8.20. The molecule has 0 radical (unpaired) electrons. The van der Waals surface area contributed by atoms with Crippen LogP contribution in [0.25, 0.3) is 0 Å². The molecular weight excluding hydrogens is 438 g/mol. The maximum Gasteiger partial charge on any atom is 0.229 e. The Morgan fingerprint density at radius 1 is 0.912 bits per heavy atom. The lowest BCUT2D eigenvalue weighted by Crippen LogP contribution is -2.60. The zero-order valence-corrected chi connectivity index (χ0v) is 20.8. The zero-order chi connectivity index (χ0) is 25.1. The van der Waals surface area contributed by atoms with E-state index in [-0.39, 0.29) is 5.91 Å². The van der Waals surface area contributed by atoms with Crippen molar-refractivity contribution in [1.29, 1.82) is 0 Å². The van der Waals surface area contributed by atoms with Crippen LogP contribution < -0.4 is 10.1 Å². The van der Waals surface area contributed by atoms with Crippen LogP contribution in [0.2, 0.25) is 0 Å². The second-order valence-corrected chi connectivity index (χ2v) is 9.30. The summed E-state index contributed by atoms with van der Waals surface area (Å²) >= 11 is 0. The highest BCUT2D eigenvalue weighted by molar-refractivity contribution is 5.91. The van der Waals surface area contributed by atoms with Crippen LogP contribution in [-0.2, 0) is 9.53 Å². The van der Waals surface area contributed by atoms with Crippen molar-refractivity contribution in [3.63, 3.8) is 0 Å². The van der Waals surface area contributed by atoms with Gasteiger partial charge in [-0.2, -0.15) is 0 Å². The molecule has 1 aliphatic heterocycles. The third-order valence-corrected chi connectivity index (χ3v) is 6.61. The summed E-state index contributed by atoms with van der Waals surface area (Å²) in [5.41, 5.74) is 2.26. The summed E-state index contributed by atoms with van der Waals surface area (Å²) < 4.78 is 11.2. The molecule has 1 saturated heterocycles. The quantitative estimate of drug-likeness (QED) is 0.258. The first-order valence-electron chi connectivity index (χ1n) is 12.7. The van der Waals surface area contributed by atoms with Crippen molar-refractivity contribution in [2.24, 2.45) is 0 Å². The van der Waals surface area contributed by atoms with E-state index in [2.05, 4.69) is 12.2 Å². The van der Waals surface area contributed by atoms with Crippen LogP contribution in [0.3, 0.4) is 0 Å². The SMILES string of the molecule is CCCCCCCCCCCC(=O)Nc1ccc(O[C@@H]2OC(CO)[C@@H](O)[C@H](O)C2O)c(C)c1C. The Balaban J connectivity index is 1.82. The average molecular weight is 482 g/mol. The summed E-state index contributed by atoms with van der Waals surface area (Å²) in [6.45, 7) is 5.39. The number of carbonyl (C=O) groups excluding carboxylic acids is 1. The van der Waals surface area contributed by atoms with Crippen LogP contribution in [0, 0.1) is 13.8 Å². The maximum absolute atomic E-state index is 12.4. The molecule has 34 heavy (non-hydrogen) atoms. The van der Waals surface area contributed by atoms with Gasteiger partial charge in [0.05, 0.1) is 6.61 Å². The molecule has 8 heteroatoms. The second kappa shape index (κ2) is 14.6. The van der Waals surface area contributed by atoms with Gasteiger partial charge in [-0.15, -0.1) is 0 Å². The summed E-state index contributed by atoms with van der Waals surface area (Å²) in [7, 11) is 0. The van der Waals surface area contributed by atoms with Gasteiger partial charge in [0.25, 0.3) is 0 Å². The fraction of sp³-hybridized carbons (Fsp3) is 0.731. The highest BCUT2D eigenvalue weighted by atomic mass is 16.7. The summed E-state index contributed by atoms with van der Waals surface area (Å²) in [5, 5.41) is 42.4. The summed E-state index contributed by atoms with van der Waals surface area (Å²) in [4.78, 5) is 12.4. The summed E-state index contributed by atoms with van der Waals surface area (Å²) in [6, 6.07) is 3.40. The number of ether oxygens (including phenoxy) is 2. The normalized spacial score (nSPS) is 24.7. The van der Waals surface area contributed by atoms with Gasteiger partial charge in [-0.1, -0.05) is 58.3 Å². The van der Waals surface area contributed by atoms with Crippen molar-refractivity contribution in [2.75, 3.05) is 11.9 Å². The molecule has 1 aromatic rings. The maximum atomic E-state index is 12.4. The van der Waals surface area contributed by atoms with Crippen molar-refractivity contribution in [3.05, 3.63) is 23.3 Å². The first-order valence-corrected chi connectivity index (χ1v) is 12.7. The molecule has 0 aliphatic carbocycles. The molecule has 0 spiro atoms. The Hall–Kier alpha value is -1.71. The Bertz CT molecular complexity index is 755. The largest absolute Gasteiger partial charge is 0.462 e. The van der Waals surface area contributed by atoms with E-state index in [0.717, 1.165) is 24.0 Å². The standard InChI is InChI=1S/C26H43NO7/c1-4-5-6-7-8-9-10-11-12-13-22(29)27-19-14-15-20(18(3)17(19)2)33-26-25(32)24(31)23(30)21(16-28)34-26/h14-15,21,23-26,28,30-32H,4-13,16H2,1-3H3,(H,27,29)/t21?,23-,24+,25?,26-/m1/s1. The first-order chi connectivity index (χ1) is 16.3. The molecule has 1 amide bonds. The van der Waals surface area contributed by atoms with E-state index in [1.165, 1.54) is 44.9 Å². The van der Waals surface area contributed by atoms with Gasteiger partial charge >= 0.3 is 0 Å². The van der Waals surface area contributed by atoms with Gasteiger partial charge in [0, 0.05) is 12.1 Å². The minimum atomic E-state index is -1.50. The van der Waals surface area contributed by atoms with Crippen LogP contribution in [0.15, 0.2) is 12.1 Å². The lowest BCUT2D eigenvalue weighted by molar-refractivity contribution is -0.277. The van der Waals surface area contributed by atoms with E-state index < -0.39 is 37.3 Å². The average Bonchev–Trinajstić information content (AvgIpc) is 2.82. The van der Waals surface area contributed by atoms with Crippen LogP contribution in [0.1, 0.15) is 82.3 Å². The lowest BCUT2D eigenvalue weighted by Gasteiger charge is -2.39. The van der Waals surface area contributed by atoms with Crippen molar-refractivity contribution < 1.29 is 34.7 Å². The summed E-state index contributed by atoms with van der Waals surface area (Å²) in [6.07, 6.45) is 4.61. The predicted octanol–water partition coefficient (Wildman–Crippen LogP) is 3.34. The molecule has 1 fully saturated rings. The molecule has 0 saturated carbocycles. The number of carbonyl (C=O) groups is 1. The molecule has 0 aromatic heterocycles. The molecular formula is C26H43NO7. The van der Waals surface area contributed by atoms with Gasteiger partial charge in [0.2, 0.25) is 12.2 Å². The van der Waals surface area contributed by atoms with Gasteiger partial charge in [-0.05, 0) is 43.5 Å². The lowest BCUT2D eigenvalue weighted by atomic mass is 9.99. The highest BCUT2D eigenvalue weighted by Crippen LogP contribution is 2.31. The number of amides is 1. The zero-order valence-electron chi connectivity index (χ0n) is 20.8. The van der Waals surface area contributed by atoms with Crippen molar-refractivity contribution in [2.45, 2.75) is 116 Å². The minimum Gasteiger partial charge on any atom is -0.462 e. The van der Waals surface area contributed by atoms with E-state index in [9.17, 15) is 25.2 Å². The molecule has 5 N–H and O–H groups in total. The highest BCUT2D eigenvalue weighted by Gasteiger charge is 2.44. The molecule has 1 aliphatic rings. The van der Waals surface area contributed by atoms with Crippen LogP contribution >= 0.6 is 0 Å². The van der Waals surface area contributed by atoms with Gasteiger partial charge < -0.3 is 35.2 Å². The van der Waals surface area contributed by atoms with Gasteiger partial charge in [-0.3, -0.25) is 4.79 Å². The number of unbranched alkanes of at least 4 members (excludes halogenated alkanes) is 8. The van der Waals surface area contributed by atoms with E-state index in [1.54, 1.807) is 12.1 Å². The molecule has 0 bridgehead atoms. The molecule has 1 heterocycles. The number of aliphatic hydroxyl groups excluding tert-OH is 4. The number of benzene rings is 1. The van der Waals surface area contributed by atoms with Crippen molar-refractivity contribution >= 4 is 11.6 Å². The van der Waals surface area contributed by atoms with Crippen molar-refractivity contribution in [1.82, 2.24) is 0 Å². The van der Waals surface area contributed by atoms with Crippen LogP contribution in [-0.4, -0.2) is 63.6 Å². The molecule has 2 unspecified atom stereocenters. The molecule has 8 nitrogen and oxygen atoms in total. The van der Waals surface area contributed by atoms with Crippen LogP contribution in [0.5, 0.6) is 5.75 Å². The molecule has 194 valence electrons. The van der Waals surface area contributed by atoms with E-state index in [0.29, 0.717) is 17.9 Å². The van der Waals surface area contributed by atoms with Gasteiger partial charge in [0.15, 0.2) is 0 Å². The minimum absolute atomic E-state index is 0.0203. The first kappa shape index (κ1) is 28.5. The monoisotopic (exact) mass is 481 g/mol. The number of nitrogens with one attached hydrogen (secondary N) is 1. The topological polar surface area (TPSA) is 128 Å². The van der Waals surface area contributed by atoms with E-state index >= 15 is 0 Å². The molecule has 1 aromatic carbocycles. The predicted molar refractivity (Wildman–Crippen MR) is 131 cm³/mol. The Kier molecular flexibility index (Phi) is 12.3. The molecule has 5 atom stereocenters. The third-order valence-electron chi connectivity index (χ3n) is 6.61. The van der Waals surface area contributed by atoms with Crippen molar-refractivity contribution in [3.8, 4) is 5.75 Å². The number of hydrogen-bond acceptors (Lipinski definition) is 7. The Morgan fingerprint density at radius 2 is 1.53 bits per heavy atom. The molecule has 2 rings (SSSR count). The fourth-order valence-corrected chi connectivity index (χ4v) is 4.16. The number of hydrogen-bond donors (Lipinski definition) is 5.